The summed E-state index contributed by atoms with van der Waals surface area (Å²) < 4.78 is 35.7. The van der Waals surface area contributed by atoms with Crippen LogP contribution in [0.15, 0.2) is 29.2 Å². The molecule has 1 aromatic rings. The first kappa shape index (κ1) is 15.5. The van der Waals surface area contributed by atoms with Crippen molar-refractivity contribution in [2.45, 2.75) is 24.8 Å². The first-order chi connectivity index (χ1) is 8.85. The van der Waals surface area contributed by atoms with E-state index in [0.29, 0.717) is 5.75 Å². The summed E-state index contributed by atoms with van der Waals surface area (Å²) in [5.41, 5.74) is 0. The summed E-state index contributed by atoms with van der Waals surface area (Å²) in [6.45, 7) is 2.98. The molecule has 1 aromatic carbocycles. The lowest BCUT2D eigenvalue weighted by molar-refractivity contribution is -0.145. The fourth-order valence-corrected chi connectivity index (χ4v) is 2.27. The Labute approximate surface area is 112 Å². The Bertz CT molecular complexity index is 522. The van der Waals surface area contributed by atoms with Crippen molar-refractivity contribution in [3.8, 4) is 5.75 Å². The average molecular weight is 287 g/mol. The molecule has 0 fully saturated rings. The molecular formula is C12H17NO5S. The lowest BCUT2D eigenvalue weighted by Gasteiger charge is -2.09. The predicted octanol–water partition coefficient (Wildman–Crippen LogP) is 0.925. The SMILES string of the molecule is COc1ccc(S(=O)(=O)NCC(=O)OC(C)C)cc1. The van der Waals surface area contributed by atoms with Crippen LogP contribution in [0.3, 0.4) is 0 Å². The summed E-state index contributed by atoms with van der Waals surface area (Å²) in [6.07, 6.45) is -0.280. The van der Waals surface area contributed by atoms with E-state index in [9.17, 15) is 13.2 Å². The largest absolute Gasteiger partial charge is 0.497 e. The lowest BCUT2D eigenvalue weighted by Crippen LogP contribution is -2.31. The van der Waals surface area contributed by atoms with Gasteiger partial charge >= 0.3 is 5.97 Å². The summed E-state index contributed by atoms with van der Waals surface area (Å²) in [5.74, 6) is -0.0646. The number of sulfonamides is 1. The van der Waals surface area contributed by atoms with E-state index in [0.717, 1.165) is 0 Å². The van der Waals surface area contributed by atoms with Crippen LogP contribution in [0.25, 0.3) is 0 Å². The van der Waals surface area contributed by atoms with Crippen LogP contribution in [-0.4, -0.2) is 34.1 Å². The number of hydrogen-bond donors (Lipinski definition) is 1. The molecule has 0 saturated heterocycles. The van der Waals surface area contributed by atoms with Crippen molar-refractivity contribution >= 4 is 16.0 Å². The van der Waals surface area contributed by atoms with Gasteiger partial charge in [-0.25, -0.2) is 8.42 Å². The quantitative estimate of drug-likeness (QED) is 0.787. The van der Waals surface area contributed by atoms with E-state index in [1.54, 1.807) is 13.8 Å². The molecule has 0 unspecified atom stereocenters. The van der Waals surface area contributed by atoms with Crippen molar-refractivity contribution < 1.29 is 22.7 Å². The normalized spacial score (nSPS) is 11.4. The van der Waals surface area contributed by atoms with E-state index in [-0.39, 0.29) is 11.0 Å². The highest BCUT2D eigenvalue weighted by Crippen LogP contribution is 2.15. The standard InChI is InChI=1S/C12H17NO5S/c1-9(2)18-12(14)8-13-19(15,16)11-6-4-10(17-3)5-7-11/h4-7,9,13H,8H2,1-3H3. The van der Waals surface area contributed by atoms with Crippen molar-refractivity contribution in [2.75, 3.05) is 13.7 Å². The number of esters is 1. The van der Waals surface area contributed by atoms with Gasteiger partial charge in [-0.2, -0.15) is 4.72 Å². The highest BCUT2D eigenvalue weighted by atomic mass is 32.2. The minimum atomic E-state index is -3.72. The Hall–Kier alpha value is -1.60. The second-order valence-electron chi connectivity index (χ2n) is 4.04. The van der Waals surface area contributed by atoms with Gasteiger partial charge in [0.1, 0.15) is 12.3 Å². The van der Waals surface area contributed by atoms with Crippen molar-refractivity contribution in [1.29, 1.82) is 0 Å². The van der Waals surface area contributed by atoms with Crippen LogP contribution in [0.4, 0.5) is 0 Å². The van der Waals surface area contributed by atoms with Crippen molar-refractivity contribution in [1.82, 2.24) is 4.72 Å². The molecule has 6 nitrogen and oxygen atoms in total. The summed E-state index contributed by atoms with van der Waals surface area (Å²) in [4.78, 5) is 11.3. The van der Waals surface area contributed by atoms with Gasteiger partial charge in [0.15, 0.2) is 0 Å². The third-order valence-electron chi connectivity index (χ3n) is 2.14. The van der Waals surface area contributed by atoms with Crippen LogP contribution in [0.1, 0.15) is 13.8 Å². The first-order valence-corrected chi connectivity index (χ1v) is 7.16. The number of ether oxygens (including phenoxy) is 2. The minimum Gasteiger partial charge on any atom is -0.497 e. The fraction of sp³-hybridized carbons (Fsp3) is 0.417. The Morgan fingerprint density at radius 1 is 1.26 bits per heavy atom. The van der Waals surface area contributed by atoms with Gasteiger partial charge in [-0.3, -0.25) is 4.79 Å². The van der Waals surface area contributed by atoms with Crippen molar-refractivity contribution in [3.05, 3.63) is 24.3 Å². The van der Waals surface area contributed by atoms with Gasteiger partial charge in [0.25, 0.3) is 0 Å². The highest BCUT2D eigenvalue weighted by molar-refractivity contribution is 7.89. The number of carbonyl (C=O) groups is 1. The molecule has 0 aliphatic carbocycles. The fourth-order valence-electron chi connectivity index (χ4n) is 1.30. The molecule has 0 aliphatic rings. The van der Waals surface area contributed by atoms with Gasteiger partial charge in [0.2, 0.25) is 10.0 Å². The van der Waals surface area contributed by atoms with Crippen LogP contribution in [0.5, 0.6) is 5.75 Å². The molecule has 0 aromatic heterocycles. The average Bonchev–Trinajstić information content (AvgIpc) is 2.36. The first-order valence-electron chi connectivity index (χ1n) is 5.68. The van der Waals surface area contributed by atoms with Crippen LogP contribution in [-0.2, 0) is 19.6 Å². The molecule has 0 radical (unpaired) electrons. The molecule has 7 heteroatoms. The van der Waals surface area contributed by atoms with E-state index in [1.165, 1.54) is 31.4 Å². The summed E-state index contributed by atoms with van der Waals surface area (Å²) >= 11 is 0. The molecule has 19 heavy (non-hydrogen) atoms. The van der Waals surface area contributed by atoms with Crippen LogP contribution >= 0.6 is 0 Å². The number of methoxy groups -OCH3 is 1. The molecular weight excluding hydrogens is 270 g/mol. The summed E-state index contributed by atoms with van der Waals surface area (Å²) in [5, 5.41) is 0. The second-order valence-corrected chi connectivity index (χ2v) is 5.81. The summed E-state index contributed by atoms with van der Waals surface area (Å²) in [7, 11) is -2.23. The smallest absolute Gasteiger partial charge is 0.321 e. The number of hydrogen-bond acceptors (Lipinski definition) is 5. The molecule has 0 bridgehead atoms. The van der Waals surface area contributed by atoms with Gasteiger partial charge in [-0.1, -0.05) is 0 Å². The summed E-state index contributed by atoms with van der Waals surface area (Å²) in [6, 6.07) is 5.85. The maximum atomic E-state index is 11.9. The maximum Gasteiger partial charge on any atom is 0.321 e. The monoisotopic (exact) mass is 287 g/mol. The molecule has 1 rings (SSSR count). The lowest BCUT2D eigenvalue weighted by atomic mass is 10.3. The van der Waals surface area contributed by atoms with Crippen LogP contribution < -0.4 is 9.46 Å². The van der Waals surface area contributed by atoms with E-state index in [1.807, 2.05) is 0 Å². The van der Waals surface area contributed by atoms with Crippen molar-refractivity contribution in [2.24, 2.45) is 0 Å². The zero-order chi connectivity index (χ0) is 14.5. The molecule has 0 saturated carbocycles. The number of nitrogens with one attached hydrogen (secondary N) is 1. The molecule has 1 N–H and O–H groups in total. The Morgan fingerprint density at radius 2 is 1.84 bits per heavy atom. The van der Waals surface area contributed by atoms with Crippen molar-refractivity contribution in [3.63, 3.8) is 0 Å². The molecule has 0 aliphatic heterocycles. The van der Waals surface area contributed by atoms with E-state index in [2.05, 4.69) is 4.72 Å². The topological polar surface area (TPSA) is 81.7 Å². The third kappa shape index (κ3) is 4.88. The van der Waals surface area contributed by atoms with E-state index in [4.69, 9.17) is 9.47 Å². The Kier molecular flexibility index (Phi) is 5.31. The van der Waals surface area contributed by atoms with Crippen LogP contribution in [0.2, 0.25) is 0 Å². The molecule has 0 heterocycles. The van der Waals surface area contributed by atoms with E-state index >= 15 is 0 Å². The van der Waals surface area contributed by atoms with Gasteiger partial charge in [0.05, 0.1) is 18.1 Å². The minimum absolute atomic E-state index is 0.0608. The number of carbonyl (C=O) groups excluding carboxylic acids is 1. The van der Waals surface area contributed by atoms with Gasteiger partial charge in [-0.15, -0.1) is 0 Å². The zero-order valence-electron chi connectivity index (χ0n) is 11.0. The molecule has 0 atom stereocenters. The van der Waals surface area contributed by atoms with Gasteiger partial charge in [0, 0.05) is 0 Å². The number of rotatable bonds is 6. The molecule has 106 valence electrons. The second kappa shape index (κ2) is 6.53. The highest BCUT2D eigenvalue weighted by Gasteiger charge is 2.16. The predicted molar refractivity (Wildman–Crippen MR) is 69.4 cm³/mol. The Morgan fingerprint density at radius 3 is 2.32 bits per heavy atom. The van der Waals surface area contributed by atoms with E-state index < -0.39 is 22.5 Å². The molecule has 0 amide bonds. The van der Waals surface area contributed by atoms with Gasteiger partial charge in [-0.05, 0) is 38.1 Å². The zero-order valence-corrected chi connectivity index (χ0v) is 11.9. The number of benzene rings is 1. The third-order valence-corrected chi connectivity index (χ3v) is 3.56. The van der Waals surface area contributed by atoms with Crippen LogP contribution in [0, 0.1) is 0 Å². The molecule has 0 spiro atoms. The Balaban J connectivity index is 2.67. The maximum absolute atomic E-state index is 11.9. The van der Waals surface area contributed by atoms with Gasteiger partial charge < -0.3 is 9.47 Å².